The van der Waals surface area contributed by atoms with Gasteiger partial charge in [0, 0.05) is 4.83 Å². The fourth-order valence-corrected chi connectivity index (χ4v) is 0.500. The smallest absolute Gasteiger partial charge is 0.0123 e. The van der Waals surface area contributed by atoms with E-state index in [1.54, 1.807) is 0 Å². The van der Waals surface area contributed by atoms with Gasteiger partial charge in [-0.15, -0.1) is 6.58 Å². The molecule has 0 bridgehead atoms. The largest absolute Gasteiger partial charge is 0.103 e. The monoisotopic (exact) mass is 161 g/mol. The van der Waals surface area contributed by atoms with Crippen molar-refractivity contribution in [3.63, 3.8) is 0 Å². The summed E-state index contributed by atoms with van der Waals surface area (Å²) in [7, 11) is 0. The lowest BCUT2D eigenvalue weighted by Gasteiger charge is -1.94. The molecule has 1 radical (unpaired) electrons. The Morgan fingerprint density at radius 2 is 2.43 bits per heavy atom. The molecule has 0 N–H and O–H groups in total. The molecule has 0 amide bonds. The topological polar surface area (TPSA) is 0 Å². The minimum absolute atomic E-state index is 0.588. The van der Waals surface area contributed by atoms with E-state index < -0.39 is 0 Å². The zero-order valence-corrected chi connectivity index (χ0v) is 6.11. The molecule has 0 aliphatic rings. The zero-order chi connectivity index (χ0) is 5.70. The highest BCUT2D eigenvalue weighted by atomic mass is 79.9. The maximum atomic E-state index is 3.56. The van der Waals surface area contributed by atoms with Gasteiger partial charge in [-0.25, -0.2) is 0 Å². The van der Waals surface area contributed by atoms with E-state index in [1.165, 1.54) is 0 Å². The SMILES string of the molecule is C=C[CH]CC(C)Br. The lowest BCUT2D eigenvalue weighted by Crippen LogP contribution is -1.86. The van der Waals surface area contributed by atoms with Gasteiger partial charge in [-0.1, -0.05) is 28.9 Å². The number of alkyl halides is 1. The predicted molar refractivity (Wildman–Crippen MR) is 37.5 cm³/mol. The average molecular weight is 162 g/mol. The Morgan fingerprint density at radius 1 is 1.86 bits per heavy atom. The third-order valence-corrected chi connectivity index (χ3v) is 1.00. The second-order valence-corrected chi connectivity index (χ2v) is 3.05. The predicted octanol–water partition coefficient (Wildman–Crippen LogP) is 2.55. The Balaban J connectivity index is 2.81. The van der Waals surface area contributed by atoms with E-state index in [0.29, 0.717) is 4.83 Å². The van der Waals surface area contributed by atoms with Crippen LogP contribution in [0.4, 0.5) is 0 Å². The standard InChI is InChI=1S/C6H10Br/c1-3-4-5-6(2)7/h3-4,6H,1,5H2,2H3. The molecule has 0 aromatic carbocycles. The highest BCUT2D eigenvalue weighted by molar-refractivity contribution is 9.09. The molecule has 0 saturated carbocycles. The maximum absolute atomic E-state index is 3.56. The summed E-state index contributed by atoms with van der Waals surface area (Å²) in [5.74, 6) is 0. The Bertz CT molecular complexity index is 48.1. The summed E-state index contributed by atoms with van der Waals surface area (Å²) in [5.41, 5.74) is 0. The number of rotatable bonds is 3. The van der Waals surface area contributed by atoms with Crippen LogP contribution in [0, 0.1) is 6.42 Å². The number of allylic oxidation sites excluding steroid dienone is 1. The van der Waals surface area contributed by atoms with Crippen molar-refractivity contribution in [3.8, 4) is 0 Å². The van der Waals surface area contributed by atoms with Gasteiger partial charge in [0.25, 0.3) is 0 Å². The molecule has 1 atom stereocenters. The van der Waals surface area contributed by atoms with Gasteiger partial charge >= 0.3 is 0 Å². The van der Waals surface area contributed by atoms with Gasteiger partial charge in [0.2, 0.25) is 0 Å². The molecule has 0 saturated heterocycles. The van der Waals surface area contributed by atoms with Crippen molar-refractivity contribution >= 4 is 15.9 Å². The lowest BCUT2D eigenvalue weighted by atomic mass is 10.2. The van der Waals surface area contributed by atoms with Gasteiger partial charge in [0.15, 0.2) is 0 Å². The van der Waals surface area contributed by atoms with Crippen molar-refractivity contribution in [1.82, 2.24) is 0 Å². The highest BCUT2D eigenvalue weighted by Gasteiger charge is 1.89. The molecule has 0 fully saturated rings. The van der Waals surface area contributed by atoms with Crippen molar-refractivity contribution in [2.24, 2.45) is 0 Å². The van der Waals surface area contributed by atoms with Crippen molar-refractivity contribution in [3.05, 3.63) is 19.1 Å². The molecule has 0 aromatic heterocycles. The van der Waals surface area contributed by atoms with Gasteiger partial charge in [0.1, 0.15) is 0 Å². The zero-order valence-electron chi connectivity index (χ0n) is 4.52. The number of hydrogen-bond acceptors (Lipinski definition) is 0. The van der Waals surface area contributed by atoms with Crippen LogP contribution < -0.4 is 0 Å². The Kier molecular flexibility index (Phi) is 4.52. The van der Waals surface area contributed by atoms with E-state index >= 15 is 0 Å². The fraction of sp³-hybridized carbons (Fsp3) is 0.500. The van der Waals surface area contributed by atoms with Crippen LogP contribution in [0.5, 0.6) is 0 Å². The summed E-state index contributed by atoms with van der Waals surface area (Å²) >= 11 is 3.40. The molecular formula is C6H10Br. The van der Waals surface area contributed by atoms with Crippen molar-refractivity contribution < 1.29 is 0 Å². The Hall–Kier alpha value is 0.220. The Morgan fingerprint density at radius 3 is 2.57 bits per heavy atom. The Labute approximate surface area is 53.7 Å². The van der Waals surface area contributed by atoms with E-state index in [4.69, 9.17) is 0 Å². The first-order valence-corrected chi connectivity index (χ1v) is 3.27. The molecule has 0 aliphatic heterocycles. The van der Waals surface area contributed by atoms with E-state index in [-0.39, 0.29) is 0 Å². The van der Waals surface area contributed by atoms with Crippen LogP contribution in [0.2, 0.25) is 0 Å². The van der Waals surface area contributed by atoms with E-state index in [1.807, 2.05) is 12.5 Å². The molecule has 7 heavy (non-hydrogen) atoms. The molecule has 1 heteroatoms. The van der Waals surface area contributed by atoms with Gasteiger partial charge in [-0.05, 0) is 12.8 Å². The van der Waals surface area contributed by atoms with Crippen LogP contribution in [-0.4, -0.2) is 4.83 Å². The van der Waals surface area contributed by atoms with E-state index in [2.05, 4.69) is 29.4 Å². The van der Waals surface area contributed by atoms with E-state index in [0.717, 1.165) is 6.42 Å². The first kappa shape index (κ1) is 7.22. The number of halogens is 1. The van der Waals surface area contributed by atoms with Crippen LogP contribution >= 0.6 is 15.9 Å². The van der Waals surface area contributed by atoms with E-state index in [9.17, 15) is 0 Å². The summed E-state index contributed by atoms with van der Waals surface area (Å²) in [6.45, 7) is 5.67. The van der Waals surface area contributed by atoms with Gasteiger partial charge in [0.05, 0.1) is 0 Å². The second kappa shape index (κ2) is 4.38. The van der Waals surface area contributed by atoms with Gasteiger partial charge in [-0.3, -0.25) is 0 Å². The summed E-state index contributed by atoms with van der Waals surface area (Å²) in [6, 6.07) is 0. The molecule has 0 aromatic rings. The quantitative estimate of drug-likeness (QED) is 0.559. The summed E-state index contributed by atoms with van der Waals surface area (Å²) in [6.07, 6.45) is 4.93. The van der Waals surface area contributed by atoms with Crippen molar-refractivity contribution in [2.75, 3.05) is 0 Å². The summed E-state index contributed by atoms with van der Waals surface area (Å²) < 4.78 is 0. The van der Waals surface area contributed by atoms with Crippen molar-refractivity contribution in [1.29, 1.82) is 0 Å². The minimum atomic E-state index is 0.588. The molecular weight excluding hydrogens is 152 g/mol. The second-order valence-electron chi connectivity index (χ2n) is 1.49. The fourth-order valence-electron chi connectivity index (χ4n) is 0.284. The van der Waals surface area contributed by atoms with Crippen LogP contribution in [0.1, 0.15) is 13.3 Å². The third kappa shape index (κ3) is 6.22. The van der Waals surface area contributed by atoms with Crippen LogP contribution in [-0.2, 0) is 0 Å². The molecule has 0 aliphatic carbocycles. The van der Waals surface area contributed by atoms with Crippen LogP contribution in [0.25, 0.3) is 0 Å². The molecule has 41 valence electrons. The first-order valence-electron chi connectivity index (χ1n) is 2.35. The van der Waals surface area contributed by atoms with Gasteiger partial charge < -0.3 is 0 Å². The highest BCUT2D eigenvalue weighted by Crippen LogP contribution is 2.04. The van der Waals surface area contributed by atoms with Crippen LogP contribution in [0.3, 0.4) is 0 Å². The molecule has 0 heterocycles. The van der Waals surface area contributed by atoms with Crippen molar-refractivity contribution in [2.45, 2.75) is 18.2 Å². The maximum Gasteiger partial charge on any atom is 0.0123 e. The molecule has 0 rings (SSSR count). The minimum Gasteiger partial charge on any atom is -0.103 e. The third-order valence-electron chi connectivity index (χ3n) is 0.628. The number of hydrogen-bond donors (Lipinski definition) is 0. The van der Waals surface area contributed by atoms with Crippen LogP contribution in [0.15, 0.2) is 12.7 Å². The summed E-state index contributed by atoms with van der Waals surface area (Å²) in [5, 5.41) is 0. The molecule has 0 spiro atoms. The molecule has 0 nitrogen and oxygen atoms in total. The summed E-state index contributed by atoms with van der Waals surface area (Å²) in [4.78, 5) is 0.588. The normalized spacial score (nSPS) is 13.4. The lowest BCUT2D eigenvalue weighted by molar-refractivity contribution is 0.962. The molecule has 1 unspecified atom stereocenters. The average Bonchev–Trinajstić information content (AvgIpc) is 1.61. The first-order chi connectivity index (χ1) is 3.27. The van der Waals surface area contributed by atoms with Gasteiger partial charge in [-0.2, -0.15) is 0 Å².